The van der Waals surface area contributed by atoms with Gasteiger partial charge in [-0.15, -0.1) is 0 Å². The number of nitrogens with one attached hydrogen (secondary N) is 1. The van der Waals surface area contributed by atoms with Crippen molar-refractivity contribution in [1.29, 1.82) is 0 Å². The van der Waals surface area contributed by atoms with Crippen LogP contribution in [0.2, 0.25) is 0 Å². The van der Waals surface area contributed by atoms with Crippen molar-refractivity contribution in [3.63, 3.8) is 0 Å². The van der Waals surface area contributed by atoms with Crippen LogP contribution < -0.4 is 5.32 Å². The Labute approximate surface area is 94.5 Å². The van der Waals surface area contributed by atoms with Gasteiger partial charge in [0.05, 0.1) is 6.61 Å². The second-order valence-corrected chi connectivity index (χ2v) is 4.15. The first-order chi connectivity index (χ1) is 7.10. The molecule has 0 aromatic heterocycles. The summed E-state index contributed by atoms with van der Waals surface area (Å²) >= 11 is 0. The van der Waals surface area contributed by atoms with Gasteiger partial charge >= 0.3 is 0 Å². The fourth-order valence-corrected chi connectivity index (χ4v) is 1.29. The molecular weight excluding hydrogens is 188 g/mol. The number of rotatable bonds is 9. The summed E-state index contributed by atoms with van der Waals surface area (Å²) in [6.45, 7) is 15.2. The van der Waals surface area contributed by atoms with E-state index in [4.69, 9.17) is 4.74 Å². The summed E-state index contributed by atoms with van der Waals surface area (Å²) in [5.74, 6) is 0. The summed E-state index contributed by atoms with van der Waals surface area (Å²) in [5, 5.41) is 3.37. The maximum Gasteiger partial charge on any atom is 0.0589 e. The molecule has 0 heterocycles. The summed E-state index contributed by atoms with van der Waals surface area (Å²) < 4.78 is 5.07. The standard InChI is InChI=1S/C12H26N2O/c1-6-14(7-8-15-5)10-12(4)9-13-11(2)3/h11,13H,4,6-10H2,1-3,5H3. The lowest BCUT2D eigenvalue weighted by molar-refractivity contribution is 0.155. The molecule has 0 aliphatic rings. The predicted molar refractivity (Wildman–Crippen MR) is 66.3 cm³/mol. The van der Waals surface area contributed by atoms with Crippen LogP contribution in [0.5, 0.6) is 0 Å². The Kier molecular flexibility index (Phi) is 8.67. The fourth-order valence-electron chi connectivity index (χ4n) is 1.29. The molecule has 0 aromatic carbocycles. The van der Waals surface area contributed by atoms with Crippen molar-refractivity contribution in [2.75, 3.05) is 39.9 Å². The van der Waals surface area contributed by atoms with Crippen LogP contribution in [0.1, 0.15) is 20.8 Å². The molecule has 3 heteroatoms. The van der Waals surface area contributed by atoms with Gasteiger partial charge in [-0.05, 0) is 12.1 Å². The van der Waals surface area contributed by atoms with Gasteiger partial charge in [-0.25, -0.2) is 0 Å². The van der Waals surface area contributed by atoms with Crippen molar-refractivity contribution in [3.8, 4) is 0 Å². The lowest BCUT2D eigenvalue weighted by atomic mass is 10.2. The summed E-state index contributed by atoms with van der Waals surface area (Å²) in [6, 6.07) is 0.524. The molecule has 15 heavy (non-hydrogen) atoms. The van der Waals surface area contributed by atoms with Gasteiger partial charge in [0.25, 0.3) is 0 Å². The minimum absolute atomic E-state index is 0.524. The molecule has 1 N–H and O–H groups in total. The van der Waals surface area contributed by atoms with Crippen LogP contribution in [-0.2, 0) is 4.74 Å². The van der Waals surface area contributed by atoms with E-state index in [1.807, 2.05) is 0 Å². The second-order valence-electron chi connectivity index (χ2n) is 4.15. The van der Waals surface area contributed by atoms with Crippen LogP contribution in [-0.4, -0.2) is 50.8 Å². The van der Waals surface area contributed by atoms with E-state index in [0.29, 0.717) is 6.04 Å². The molecule has 0 rings (SSSR count). The van der Waals surface area contributed by atoms with E-state index in [0.717, 1.165) is 32.8 Å². The maximum absolute atomic E-state index is 5.07. The summed E-state index contributed by atoms with van der Waals surface area (Å²) in [4.78, 5) is 2.34. The fraction of sp³-hybridized carbons (Fsp3) is 0.833. The molecule has 0 unspecified atom stereocenters. The normalized spacial score (nSPS) is 11.3. The topological polar surface area (TPSA) is 24.5 Å². The minimum atomic E-state index is 0.524. The zero-order valence-corrected chi connectivity index (χ0v) is 10.7. The van der Waals surface area contributed by atoms with Crippen molar-refractivity contribution in [2.24, 2.45) is 0 Å². The highest BCUT2D eigenvalue weighted by molar-refractivity contribution is 4.99. The zero-order chi connectivity index (χ0) is 11.7. The van der Waals surface area contributed by atoms with E-state index < -0.39 is 0 Å². The molecule has 0 aromatic rings. The van der Waals surface area contributed by atoms with Crippen molar-refractivity contribution in [2.45, 2.75) is 26.8 Å². The average Bonchev–Trinajstić information content (AvgIpc) is 2.21. The molecule has 0 bridgehead atoms. The second kappa shape index (κ2) is 8.89. The van der Waals surface area contributed by atoms with Gasteiger partial charge in [0.15, 0.2) is 0 Å². The Morgan fingerprint density at radius 2 is 2.13 bits per heavy atom. The predicted octanol–water partition coefficient (Wildman–Crippen LogP) is 1.51. The molecule has 3 nitrogen and oxygen atoms in total. The Balaban J connectivity index is 3.70. The minimum Gasteiger partial charge on any atom is -0.383 e. The Morgan fingerprint density at radius 3 is 2.60 bits per heavy atom. The highest BCUT2D eigenvalue weighted by atomic mass is 16.5. The molecule has 0 spiro atoms. The smallest absolute Gasteiger partial charge is 0.0589 e. The van der Waals surface area contributed by atoms with Crippen LogP contribution in [0.15, 0.2) is 12.2 Å². The lowest BCUT2D eigenvalue weighted by Crippen LogP contribution is -2.33. The molecule has 0 saturated heterocycles. The first-order valence-corrected chi connectivity index (χ1v) is 5.71. The zero-order valence-electron chi connectivity index (χ0n) is 10.7. The van der Waals surface area contributed by atoms with Gasteiger partial charge < -0.3 is 10.1 Å². The van der Waals surface area contributed by atoms with E-state index >= 15 is 0 Å². The Hall–Kier alpha value is -0.380. The number of ether oxygens (including phenoxy) is 1. The van der Waals surface area contributed by atoms with Crippen LogP contribution >= 0.6 is 0 Å². The summed E-state index contributed by atoms with van der Waals surface area (Å²) in [5.41, 5.74) is 1.24. The van der Waals surface area contributed by atoms with Crippen LogP contribution in [0, 0.1) is 0 Å². The third kappa shape index (κ3) is 8.60. The SMILES string of the molecule is C=C(CNC(C)C)CN(CC)CCOC. The number of likely N-dealkylation sites (N-methyl/N-ethyl adjacent to an activating group) is 1. The molecule has 0 aliphatic carbocycles. The molecule has 0 amide bonds. The summed E-state index contributed by atoms with van der Waals surface area (Å²) in [6.07, 6.45) is 0. The maximum atomic E-state index is 5.07. The van der Waals surface area contributed by atoms with Gasteiger partial charge in [0.2, 0.25) is 0 Å². The van der Waals surface area contributed by atoms with E-state index in [-0.39, 0.29) is 0 Å². The summed E-state index contributed by atoms with van der Waals surface area (Å²) in [7, 11) is 1.74. The van der Waals surface area contributed by atoms with E-state index in [2.05, 4.69) is 37.6 Å². The molecule has 0 atom stereocenters. The largest absolute Gasteiger partial charge is 0.383 e. The molecule has 0 radical (unpaired) electrons. The molecule has 0 fully saturated rings. The third-order valence-corrected chi connectivity index (χ3v) is 2.27. The van der Waals surface area contributed by atoms with E-state index in [9.17, 15) is 0 Å². The number of methoxy groups -OCH3 is 1. The number of hydrogen-bond acceptors (Lipinski definition) is 3. The number of nitrogens with zero attached hydrogens (tertiary/aromatic N) is 1. The van der Waals surface area contributed by atoms with Gasteiger partial charge in [-0.1, -0.05) is 27.4 Å². The van der Waals surface area contributed by atoms with Crippen LogP contribution in [0.3, 0.4) is 0 Å². The van der Waals surface area contributed by atoms with Crippen LogP contribution in [0.25, 0.3) is 0 Å². The Bertz CT molecular complexity index is 169. The van der Waals surface area contributed by atoms with Gasteiger partial charge in [-0.2, -0.15) is 0 Å². The van der Waals surface area contributed by atoms with Crippen molar-refractivity contribution < 1.29 is 4.74 Å². The van der Waals surface area contributed by atoms with Gasteiger partial charge in [0.1, 0.15) is 0 Å². The number of hydrogen-bond donors (Lipinski definition) is 1. The van der Waals surface area contributed by atoms with Crippen molar-refractivity contribution in [1.82, 2.24) is 10.2 Å². The highest BCUT2D eigenvalue weighted by Gasteiger charge is 2.04. The molecular formula is C12H26N2O. The molecule has 0 aliphatic heterocycles. The molecule has 90 valence electrons. The highest BCUT2D eigenvalue weighted by Crippen LogP contribution is 1.96. The van der Waals surface area contributed by atoms with Crippen molar-refractivity contribution >= 4 is 0 Å². The van der Waals surface area contributed by atoms with Crippen molar-refractivity contribution in [3.05, 3.63) is 12.2 Å². The van der Waals surface area contributed by atoms with Crippen LogP contribution in [0.4, 0.5) is 0 Å². The first kappa shape index (κ1) is 14.6. The molecule has 0 saturated carbocycles. The van der Waals surface area contributed by atoms with E-state index in [1.165, 1.54) is 5.57 Å². The first-order valence-electron chi connectivity index (χ1n) is 5.71. The van der Waals surface area contributed by atoms with E-state index in [1.54, 1.807) is 7.11 Å². The van der Waals surface area contributed by atoms with Gasteiger partial charge in [-0.3, -0.25) is 4.90 Å². The average molecular weight is 214 g/mol. The monoisotopic (exact) mass is 214 g/mol. The van der Waals surface area contributed by atoms with Gasteiger partial charge in [0, 0.05) is 32.8 Å². The quantitative estimate of drug-likeness (QED) is 0.589. The lowest BCUT2D eigenvalue weighted by Gasteiger charge is -2.21. The Morgan fingerprint density at radius 1 is 1.47 bits per heavy atom. The third-order valence-electron chi connectivity index (χ3n) is 2.27.